The van der Waals surface area contributed by atoms with E-state index < -0.39 is 10.0 Å². The third-order valence-corrected chi connectivity index (χ3v) is 6.73. The topological polar surface area (TPSA) is 87.7 Å². The van der Waals surface area contributed by atoms with Gasteiger partial charge in [-0.1, -0.05) is 12.1 Å². The molecule has 2 heterocycles. The molecule has 32 heavy (non-hydrogen) atoms. The monoisotopic (exact) mass is 453 g/mol. The zero-order chi connectivity index (χ0) is 22.6. The molecule has 1 aliphatic heterocycles. The second-order valence-electron chi connectivity index (χ2n) is 7.66. The number of nitrogens with zero attached hydrogens (tertiary/aromatic N) is 4. The Balaban J connectivity index is 1.48. The number of hydrogen-bond donors (Lipinski definition) is 1. The number of nitrogens with one attached hydrogen (secondary N) is 1. The first-order valence-electron chi connectivity index (χ1n) is 10.6. The van der Waals surface area contributed by atoms with E-state index in [4.69, 9.17) is 4.74 Å². The zero-order valence-corrected chi connectivity index (χ0v) is 19.0. The van der Waals surface area contributed by atoms with Gasteiger partial charge in [-0.2, -0.15) is 0 Å². The summed E-state index contributed by atoms with van der Waals surface area (Å²) in [5.41, 5.74) is 1.93. The van der Waals surface area contributed by atoms with Crippen LogP contribution in [0.4, 0.5) is 11.5 Å². The van der Waals surface area contributed by atoms with Crippen LogP contribution in [0.2, 0.25) is 0 Å². The lowest BCUT2D eigenvalue weighted by atomic mass is 10.1. The van der Waals surface area contributed by atoms with Crippen molar-refractivity contribution in [3.8, 4) is 17.0 Å². The Kier molecular flexibility index (Phi) is 6.57. The molecule has 168 valence electrons. The molecule has 1 N–H and O–H groups in total. The second-order valence-corrected chi connectivity index (χ2v) is 9.34. The summed E-state index contributed by atoms with van der Waals surface area (Å²) in [5, 5.41) is 8.76. The summed E-state index contributed by atoms with van der Waals surface area (Å²) < 4.78 is 33.6. The van der Waals surface area contributed by atoms with Gasteiger partial charge in [0.15, 0.2) is 5.82 Å². The molecular formula is C23H27N5O3S. The number of piperazine rings is 1. The number of rotatable bonds is 7. The first kappa shape index (κ1) is 22.0. The van der Waals surface area contributed by atoms with Crippen LogP contribution in [-0.4, -0.2) is 63.3 Å². The predicted octanol–water partition coefficient (Wildman–Crippen LogP) is 3.09. The quantitative estimate of drug-likeness (QED) is 0.588. The van der Waals surface area contributed by atoms with Gasteiger partial charge in [0, 0.05) is 37.4 Å². The number of benzene rings is 2. The van der Waals surface area contributed by atoms with Gasteiger partial charge in [0.25, 0.3) is 10.0 Å². The van der Waals surface area contributed by atoms with E-state index in [1.165, 1.54) is 12.1 Å². The van der Waals surface area contributed by atoms with Crippen molar-refractivity contribution in [2.24, 2.45) is 0 Å². The number of sulfonamides is 1. The molecule has 8 nitrogen and oxygen atoms in total. The van der Waals surface area contributed by atoms with E-state index in [-0.39, 0.29) is 4.90 Å². The number of anilines is 2. The summed E-state index contributed by atoms with van der Waals surface area (Å²) >= 11 is 0. The molecule has 0 spiro atoms. The van der Waals surface area contributed by atoms with Crippen LogP contribution in [0.5, 0.6) is 5.75 Å². The molecule has 1 aliphatic rings. The van der Waals surface area contributed by atoms with Crippen molar-refractivity contribution in [1.82, 2.24) is 15.1 Å². The predicted molar refractivity (Wildman–Crippen MR) is 126 cm³/mol. The average Bonchev–Trinajstić information content (AvgIpc) is 2.80. The fourth-order valence-corrected chi connectivity index (χ4v) is 4.57. The molecule has 3 aromatic rings. The van der Waals surface area contributed by atoms with Crippen molar-refractivity contribution in [3.05, 3.63) is 60.7 Å². The standard InChI is InChI=1S/C23H27N5O3S/c1-3-31-20-7-9-21(10-8-20)32(29,30)26-19-6-4-5-18(17-19)22-11-12-23(25-24-22)28-15-13-27(2)14-16-28/h4-12,17,26H,3,13-16H2,1-2H3. The minimum Gasteiger partial charge on any atom is -0.494 e. The summed E-state index contributed by atoms with van der Waals surface area (Å²) in [6, 6.07) is 17.4. The van der Waals surface area contributed by atoms with E-state index in [9.17, 15) is 8.42 Å². The lowest BCUT2D eigenvalue weighted by Crippen LogP contribution is -2.44. The van der Waals surface area contributed by atoms with Gasteiger partial charge in [-0.05, 0) is 62.5 Å². The molecule has 0 radical (unpaired) electrons. The van der Waals surface area contributed by atoms with Crippen LogP contribution >= 0.6 is 0 Å². The van der Waals surface area contributed by atoms with Crippen molar-refractivity contribution in [1.29, 1.82) is 0 Å². The van der Waals surface area contributed by atoms with E-state index >= 15 is 0 Å². The van der Waals surface area contributed by atoms with Crippen molar-refractivity contribution in [2.75, 3.05) is 49.5 Å². The van der Waals surface area contributed by atoms with Crippen LogP contribution in [0.25, 0.3) is 11.3 Å². The summed E-state index contributed by atoms with van der Waals surface area (Å²) in [6.45, 7) is 6.25. The fourth-order valence-electron chi connectivity index (χ4n) is 3.52. The molecule has 4 rings (SSSR count). The van der Waals surface area contributed by atoms with Crippen LogP contribution in [0.1, 0.15) is 6.92 Å². The Labute approximate surface area is 188 Å². The SMILES string of the molecule is CCOc1ccc(S(=O)(=O)Nc2cccc(-c3ccc(N4CCN(C)CC4)nn3)c2)cc1. The van der Waals surface area contributed by atoms with E-state index in [2.05, 4.69) is 31.8 Å². The van der Waals surface area contributed by atoms with Crippen molar-refractivity contribution in [2.45, 2.75) is 11.8 Å². The molecule has 0 aliphatic carbocycles. The highest BCUT2D eigenvalue weighted by atomic mass is 32.2. The maximum atomic E-state index is 12.8. The first-order valence-corrected chi connectivity index (χ1v) is 12.1. The van der Waals surface area contributed by atoms with Crippen LogP contribution in [-0.2, 0) is 10.0 Å². The van der Waals surface area contributed by atoms with Gasteiger partial charge in [0.05, 0.1) is 17.2 Å². The molecule has 1 fully saturated rings. The van der Waals surface area contributed by atoms with Gasteiger partial charge < -0.3 is 14.5 Å². The maximum absolute atomic E-state index is 12.8. The molecule has 2 aromatic carbocycles. The Hall–Kier alpha value is -3.17. The van der Waals surface area contributed by atoms with Gasteiger partial charge >= 0.3 is 0 Å². The molecule has 0 saturated carbocycles. The molecule has 9 heteroatoms. The van der Waals surface area contributed by atoms with Crippen molar-refractivity contribution in [3.63, 3.8) is 0 Å². The van der Waals surface area contributed by atoms with Crippen LogP contribution in [0.15, 0.2) is 65.6 Å². The zero-order valence-electron chi connectivity index (χ0n) is 18.2. The third-order valence-electron chi connectivity index (χ3n) is 5.33. The van der Waals surface area contributed by atoms with Crippen LogP contribution < -0.4 is 14.4 Å². The lowest BCUT2D eigenvalue weighted by Gasteiger charge is -2.32. The van der Waals surface area contributed by atoms with Crippen molar-refractivity contribution >= 4 is 21.5 Å². The molecule has 1 aromatic heterocycles. The van der Waals surface area contributed by atoms with Gasteiger partial charge in [-0.15, -0.1) is 10.2 Å². The molecule has 0 amide bonds. The second kappa shape index (κ2) is 9.54. The Morgan fingerprint density at radius 1 is 0.969 bits per heavy atom. The lowest BCUT2D eigenvalue weighted by molar-refractivity contribution is 0.312. The van der Waals surface area contributed by atoms with E-state index in [0.29, 0.717) is 23.7 Å². The van der Waals surface area contributed by atoms with E-state index in [1.807, 2.05) is 25.1 Å². The Morgan fingerprint density at radius 2 is 1.72 bits per heavy atom. The van der Waals surface area contributed by atoms with Crippen molar-refractivity contribution < 1.29 is 13.2 Å². The molecular weight excluding hydrogens is 426 g/mol. The van der Waals surface area contributed by atoms with E-state index in [1.54, 1.807) is 30.3 Å². The van der Waals surface area contributed by atoms with Gasteiger partial charge in [-0.25, -0.2) is 8.42 Å². The minimum absolute atomic E-state index is 0.169. The highest BCUT2D eigenvalue weighted by molar-refractivity contribution is 7.92. The number of ether oxygens (including phenoxy) is 1. The molecule has 1 saturated heterocycles. The molecule has 0 unspecified atom stereocenters. The number of aromatic nitrogens is 2. The Bertz CT molecular complexity index is 1140. The number of hydrogen-bond acceptors (Lipinski definition) is 7. The van der Waals surface area contributed by atoms with Gasteiger partial charge in [0.1, 0.15) is 5.75 Å². The average molecular weight is 454 g/mol. The summed E-state index contributed by atoms with van der Waals surface area (Å²) in [5.74, 6) is 1.49. The first-order chi connectivity index (χ1) is 15.4. The molecule has 0 bridgehead atoms. The smallest absolute Gasteiger partial charge is 0.261 e. The summed E-state index contributed by atoms with van der Waals surface area (Å²) in [4.78, 5) is 4.68. The van der Waals surface area contributed by atoms with E-state index in [0.717, 1.165) is 37.6 Å². The molecule has 0 atom stereocenters. The minimum atomic E-state index is -3.72. The third kappa shape index (κ3) is 5.17. The summed E-state index contributed by atoms with van der Waals surface area (Å²) in [7, 11) is -1.61. The van der Waals surface area contributed by atoms with Crippen LogP contribution in [0, 0.1) is 0 Å². The normalized spacial score (nSPS) is 14.9. The Morgan fingerprint density at radius 3 is 2.38 bits per heavy atom. The highest BCUT2D eigenvalue weighted by Gasteiger charge is 2.17. The van der Waals surface area contributed by atoms with Gasteiger partial charge in [-0.3, -0.25) is 4.72 Å². The fraction of sp³-hybridized carbons (Fsp3) is 0.304. The van der Waals surface area contributed by atoms with Crippen LogP contribution in [0.3, 0.4) is 0 Å². The highest BCUT2D eigenvalue weighted by Crippen LogP contribution is 2.24. The van der Waals surface area contributed by atoms with Gasteiger partial charge in [0.2, 0.25) is 0 Å². The maximum Gasteiger partial charge on any atom is 0.261 e. The summed E-state index contributed by atoms with van der Waals surface area (Å²) in [6.07, 6.45) is 0. The number of likely N-dealkylation sites (N-methyl/N-ethyl adjacent to an activating group) is 1. The largest absolute Gasteiger partial charge is 0.494 e.